The van der Waals surface area contributed by atoms with Crippen LogP contribution in [-0.4, -0.2) is 18.0 Å². The maximum absolute atomic E-state index is 11.2. The van der Waals surface area contributed by atoms with Gasteiger partial charge in [-0.05, 0) is 55.3 Å². The minimum absolute atomic E-state index is 0.0823. The Kier molecular flexibility index (Phi) is 4.90. The molecule has 1 amide bonds. The molecular formula is C19H20N2O3S. The van der Waals surface area contributed by atoms with Crippen molar-refractivity contribution in [2.45, 2.75) is 27.4 Å². The van der Waals surface area contributed by atoms with E-state index >= 15 is 0 Å². The third kappa shape index (κ3) is 3.74. The summed E-state index contributed by atoms with van der Waals surface area (Å²) in [6.07, 6.45) is 0. The number of methoxy groups -OCH3 is 1. The van der Waals surface area contributed by atoms with Gasteiger partial charge in [-0.2, -0.15) is 0 Å². The Labute approximate surface area is 150 Å². The van der Waals surface area contributed by atoms with E-state index < -0.39 is 0 Å². The number of anilines is 1. The maximum Gasteiger partial charge on any atom is 0.221 e. The number of benzene rings is 2. The van der Waals surface area contributed by atoms with Crippen molar-refractivity contribution in [3.8, 4) is 11.5 Å². The van der Waals surface area contributed by atoms with Gasteiger partial charge in [0.2, 0.25) is 5.91 Å². The maximum atomic E-state index is 11.2. The van der Waals surface area contributed by atoms with Gasteiger partial charge in [0.05, 0.1) is 17.3 Å². The van der Waals surface area contributed by atoms with Crippen molar-refractivity contribution >= 4 is 33.1 Å². The number of hydrogen-bond donors (Lipinski definition) is 1. The van der Waals surface area contributed by atoms with Gasteiger partial charge in [-0.15, -0.1) is 11.3 Å². The predicted octanol–water partition coefficient (Wildman–Crippen LogP) is 4.46. The van der Waals surface area contributed by atoms with Crippen LogP contribution < -0.4 is 14.8 Å². The Bertz CT molecular complexity index is 934. The molecule has 6 heteroatoms. The first-order chi connectivity index (χ1) is 12.0. The molecule has 3 rings (SSSR count). The molecule has 0 bridgehead atoms. The van der Waals surface area contributed by atoms with Crippen LogP contribution in [0.5, 0.6) is 11.5 Å². The van der Waals surface area contributed by atoms with E-state index in [1.165, 1.54) is 6.92 Å². The number of carbonyl (C=O) groups excluding carboxylic acids is 1. The molecule has 25 heavy (non-hydrogen) atoms. The van der Waals surface area contributed by atoms with Gasteiger partial charge in [0.25, 0.3) is 0 Å². The average Bonchev–Trinajstić information content (AvgIpc) is 2.99. The molecular weight excluding hydrogens is 336 g/mol. The monoisotopic (exact) mass is 356 g/mol. The number of ether oxygens (including phenoxy) is 2. The molecule has 0 unspecified atom stereocenters. The van der Waals surface area contributed by atoms with Gasteiger partial charge < -0.3 is 14.8 Å². The van der Waals surface area contributed by atoms with E-state index in [1.807, 2.05) is 44.2 Å². The Morgan fingerprint density at radius 1 is 1.20 bits per heavy atom. The van der Waals surface area contributed by atoms with Crippen molar-refractivity contribution in [1.82, 2.24) is 4.98 Å². The molecule has 5 nitrogen and oxygen atoms in total. The Morgan fingerprint density at radius 2 is 2.00 bits per heavy atom. The molecule has 0 fully saturated rings. The van der Waals surface area contributed by atoms with Crippen LogP contribution in [0.4, 0.5) is 5.69 Å². The Hall–Kier alpha value is -2.60. The smallest absolute Gasteiger partial charge is 0.221 e. The lowest BCUT2D eigenvalue weighted by molar-refractivity contribution is -0.114. The molecule has 0 saturated heterocycles. The highest BCUT2D eigenvalue weighted by molar-refractivity contribution is 7.18. The van der Waals surface area contributed by atoms with Crippen LogP contribution in [-0.2, 0) is 11.4 Å². The zero-order chi connectivity index (χ0) is 18.0. The van der Waals surface area contributed by atoms with Gasteiger partial charge in [-0.25, -0.2) is 4.98 Å². The summed E-state index contributed by atoms with van der Waals surface area (Å²) < 4.78 is 12.3. The minimum Gasteiger partial charge on any atom is -0.497 e. The number of amides is 1. The highest BCUT2D eigenvalue weighted by Gasteiger charge is 2.10. The molecule has 0 atom stereocenters. The number of hydrogen-bond acceptors (Lipinski definition) is 5. The number of aromatic nitrogens is 1. The second kappa shape index (κ2) is 7.11. The minimum atomic E-state index is -0.0823. The normalized spacial score (nSPS) is 10.7. The molecule has 0 saturated carbocycles. The van der Waals surface area contributed by atoms with E-state index in [0.29, 0.717) is 6.61 Å². The SMILES string of the molecule is COc1ccc2nc(COc3ccc(NC(C)=O)c(C)c3C)sc2c1. The predicted molar refractivity (Wildman–Crippen MR) is 101 cm³/mol. The van der Waals surface area contributed by atoms with Crippen molar-refractivity contribution in [2.75, 3.05) is 12.4 Å². The zero-order valence-corrected chi connectivity index (χ0v) is 15.5. The number of carbonyl (C=O) groups is 1. The quantitative estimate of drug-likeness (QED) is 0.733. The molecule has 0 aliphatic rings. The van der Waals surface area contributed by atoms with Crippen LogP contribution >= 0.6 is 11.3 Å². The first kappa shape index (κ1) is 17.2. The standard InChI is InChI=1S/C19H20N2O3S/c1-11-12(2)17(8-7-15(11)20-13(3)22)24-10-19-21-16-6-5-14(23-4)9-18(16)25-19/h5-9H,10H2,1-4H3,(H,20,22). The summed E-state index contributed by atoms with van der Waals surface area (Å²) in [5, 5.41) is 3.74. The zero-order valence-electron chi connectivity index (χ0n) is 14.7. The summed E-state index contributed by atoms with van der Waals surface area (Å²) in [4.78, 5) is 15.8. The Balaban J connectivity index is 1.77. The topological polar surface area (TPSA) is 60.5 Å². The third-order valence-electron chi connectivity index (χ3n) is 4.04. The number of thiazole rings is 1. The lowest BCUT2D eigenvalue weighted by Crippen LogP contribution is -2.08. The van der Waals surface area contributed by atoms with Crippen molar-refractivity contribution in [1.29, 1.82) is 0 Å². The van der Waals surface area contributed by atoms with Gasteiger partial charge in [-0.3, -0.25) is 4.79 Å². The van der Waals surface area contributed by atoms with Crippen molar-refractivity contribution in [2.24, 2.45) is 0 Å². The van der Waals surface area contributed by atoms with Crippen LogP contribution in [0.3, 0.4) is 0 Å². The number of nitrogens with one attached hydrogen (secondary N) is 1. The summed E-state index contributed by atoms with van der Waals surface area (Å²) in [6, 6.07) is 9.58. The van der Waals surface area contributed by atoms with E-state index in [0.717, 1.165) is 43.5 Å². The highest BCUT2D eigenvalue weighted by Crippen LogP contribution is 2.30. The summed E-state index contributed by atoms with van der Waals surface area (Å²) in [7, 11) is 1.65. The Morgan fingerprint density at radius 3 is 2.72 bits per heavy atom. The van der Waals surface area contributed by atoms with Crippen LogP contribution in [0.25, 0.3) is 10.2 Å². The summed E-state index contributed by atoms with van der Waals surface area (Å²) in [5.74, 6) is 1.54. The number of nitrogens with zero attached hydrogens (tertiary/aromatic N) is 1. The second-order valence-corrected chi connectivity index (χ2v) is 6.89. The molecule has 1 N–H and O–H groups in total. The highest BCUT2D eigenvalue weighted by atomic mass is 32.1. The molecule has 1 aromatic heterocycles. The summed E-state index contributed by atoms with van der Waals surface area (Å²) in [6.45, 7) is 5.86. The fourth-order valence-electron chi connectivity index (χ4n) is 2.56. The summed E-state index contributed by atoms with van der Waals surface area (Å²) >= 11 is 1.59. The fraction of sp³-hybridized carbons (Fsp3) is 0.263. The van der Waals surface area contributed by atoms with E-state index in [4.69, 9.17) is 9.47 Å². The largest absolute Gasteiger partial charge is 0.497 e. The number of rotatable bonds is 5. The lowest BCUT2D eigenvalue weighted by Gasteiger charge is -2.14. The molecule has 0 radical (unpaired) electrons. The molecule has 0 spiro atoms. The first-order valence-electron chi connectivity index (χ1n) is 7.92. The summed E-state index contributed by atoms with van der Waals surface area (Å²) in [5.41, 5.74) is 3.76. The van der Waals surface area contributed by atoms with Crippen LogP contribution in [0.1, 0.15) is 23.1 Å². The van der Waals surface area contributed by atoms with Gasteiger partial charge in [0.1, 0.15) is 23.1 Å². The number of fused-ring (bicyclic) bond motifs is 1. The van der Waals surface area contributed by atoms with Gasteiger partial charge in [0.15, 0.2) is 0 Å². The van der Waals surface area contributed by atoms with E-state index in [-0.39, 0.29) is 5.91 Å². The van der Waals surface area contributed by atoms with E-state index in [1.54, 1.807) is 18.4 Å². The molecule has 0 aliphatic carbocycles. The van der Waals surface area contributed by atoms with Gasteiger partial charge in [0, 0.05) is 12.6 Å². The van der Waals surface area contributed by atoms with E-state index in [9.17, 15) is 4.79 Å². The van der Waals surface area contributed by atoms with Crippen molar-refractivity contribution < 1.29 is 14.3 Å². The fourth-order valence-corrected chi connectivity index (χ4v) is 3.47. The molecule has 0 aliphatic heterocycles. The molecule has 2 aromatic carbocycles. The van der Waals surface area contributed by atoms with Crippen molar-refractivity contribution in [3.63, 3.8) is 0 Å². The second-order valence-electron chi connectivity index (χ2n) is 5.77. The average molecular weight is 356 g/mol. The molecule has 3 aromatic rings. The van der Waals surface area contributed by atoms with Gasteiger partial charge in [-0.1, -0.05) is 0 Å². The van der Waals surface area contributed by atoms with Crippen LogP contribution in [0.2, 0.25) is 0 Å². The van der Waals surface area contributed by atoms with Crippen molar-refractivity contribution in [3.05, 3.63) is 46.5 Å². The lowest BCUT2D eigenvalue weighted by atomic mass is 10.1. The third-order valence-corrected chi connectivity index (χ3v) is 5.03. The molecule has 1 heterocycles. The van der Waals surface area contributed by atoms with Gasteiger partial charge >= 0.3 is 0 Å². The molecule has 130 valence electrons. The van der Waals surface area contributed by atoms with Crippen LogP contribution in [0, 0.1) is 13.8 Å². The van der Waals surface area contributed by atoms with Crippen LogP contribution in [0.15, 0.2) is 30.3 Å². The first-order valence-corrected chi connectivity index (χ1v) is 8.73. The van der Waals surface area contributed by atoms with E-state index in [2.05, 4.69) is 10.3 Å².